The molecule has 8 heteroatoms. The van der Waals surface area contributed by atoms with Crippen molar-refractivity contribution in [3.05, 3.63) is 66.6 Å². The van der Waals surface area contributed by atoms with Crippen LogP contribution in [-0.4, -0.2) is 48.8 Å². The van der Waals surface area contributed by atoms with Gasteiger partial charge in [-0.1, -0.05) is 18.2 Å². The highest BCUT2D eigenvalue weighted by molar-refractivity contribution is 7.90. The van der Waals surface area contributed by atoms with Gasteiger partial charge in [-0.05, 0) is 25.1 Å². The molecule has 7 nitrogen and oxygen atoms in total. The Hall–Kier alpha value is -3.13. The van der Waals surface area contributed by atoms with Gasteiger partial charge in [0.1, 0.15) is 5.75 Å². The second-order valence-corrected chi connectivity index (χ2v) is 8.06. The van der Waals surface area contributed by atoms with E-state index < -0.39 is 10.0 Å². The average Bonchev–Trinajstić information content (AvgIpc) is 3.08. The number of rotatable bonds is 7. The number of pyridine rings is 1. The van der Waals surface area contributed by atoms with E-state index in [4.69, 9.17) is 4.74 Å². The molecule has 0 unspecified atom stereocenters. The van der Waals surface area contributed by atoms with Crippen molar-refractivity contribution in [3.63, 3.8) is 0 Å². The van der Waals surface area contributed by atoms with Gasteiger partial charge in [0.2, 0.25) is 0 Å². The van der Waals surface area contributed by atoms with Gasteiger partial charge in [-0.3, -0.25) is 4.79 Å². The van der Waals surface area contributed by atoms with Gasteiger partial charge in [-0.15, -0.1) is 0 Å². The summed E-state index contributed by atoms with van der Waals surface area (Å²) in [4.78, 5) is 18.9. The fourth-order valence-electron chi connectivity index (χ4n) is 2.76. The topological polar surface area (TPSA) is 81.5 Å². The number of ether oxygens (including phenoxy) is 1. The largest absolute Gasteiger partial charge is 0.493 e. The molecule has 2 aromatic heterocycles. The summed E-state index contributed by atoms with van der Waals surface area (Å²) in [7, 11) is -0.346. The smallest absolute Gasteiger partial charge is 0.269 e. The van der Waals surface area contributed by atoms with Gasteiger partial charge in [-0.25, -0.2) is 17.4 Å². The molecule has 1 aromatic carbocycles. The third kappa shape index (κ3) is 3.63. The summed E-state index contributed by atoms with van der Waals surface area (Å²) in [5.41, 5.74) is 0.362. The van der Waals surface area contributed by atoms with Crippen LogP contribution in [0.3, 0.4) is 0 Å². The Labute approximate surface area is 163 Å². The lowest BCUT2D eigenvalue weighted by Crippen LogP contribution is -2.12. The van der Waals surface area contributed by atoms with Crippen LogP contribution < -0.4 is 4.74 Å². The zero-order valence-corrected chi connectivity index (χ0v) is 16.7. The molecule has 0 aliphatic carbocycles. The lowest BCUT2D eigenvalue weighted by molar-refractivity contribution is 0.104. The highest BCUT2D eigenvalue weighted by Gasteiger charge is 2.26. The lowest BCUT2D eigenvalue weighted by atomic mass is 10.1. The fourth-order valence-corrected chi connectivity index (χ4v) is 4.09. The first kappa shape index (κ1) is 19.6. The van der Waals surface area contributed by atoms with Gasteiger partial charge >= 0.3 is 0 Å². The Morgan fingerprint density at radius 1 is 1.21 bits per heavy atom. The van der Waals surface area contributed by atoms with E-state index in [0.29, 0.717) is 17.7 Å². The molecule has 0 saturated heterocycles. The van der Waals surface area contributed by atoms with Gasteiger partial charge in [0, 0.05) is 38.8 Å². The van der Waals surface area contributed by atoms with E-state index in [0.717, 1.165) is 3.97 Å². The van der Waals surface area contributed by atoms with E-state index in [-0.39, 0.29) is 21.9 Å². The van der Waals surface area contributed by atoms with Crippen molar-refractivity contribution in [2.24, 2.45) is 0 Å². The summed E-state index contributed by atoms with van der Waals surface area (Å²) >= 11 is 0. The Bertz CT molecular complexity index is 1130. The molecular formula is C20H21N3O4S. The van der Waals surface area contributed by atoms with E-state index in [1.807, 2.05) is 6.92 Å². The number of benzene rings is 1. The second-order valence-electron chi connectivity index (χ2n) is 6.24. The third-order valence-corrected chi connectivity index (χ3v) is 5.67. The molecule has 0 radical (unpaired) electrons. The maximum atomic E-state index is 13.2. The van der Waals surface area contributed by atoms with Gasteiger partial charge in [0.15, 0.2) is 11.4 Å². The van der Waals surface area contributed by atoms with Crippen molar-refractivity contribution < 1.29 is 17.9 Å². The normalized spacial score (nSPS) is 11.8. The third-order valence-electron chi connectivity index (χ3n) is 4.01. The van der Waals surface area contributed by atoms with Gasteiger partial charge in [0.25, 0.3) is 10.0 Å². The van der Waals surface area contributed by atoms with Gasteiger partial charge in [-0.2, -0.15) is 0 Å². The highest BCUT2D eigenvalue weighted by atomic mass is 32.2. The Morgan fingerprint density at radius 2 is 1.93 bits per heavy atom. The van der Waals surface area contributed by atoms with E-state index in [2.05, 4.69) is 4.98 Å². The van der Waals surface area contributed by atoms with Crippen LogP contribution in [0.4, 0.5) is 0 Å². The molecule has 0 atom stereocenters. The van der Waals surface area contributed by atoms with Crippen LogP contribution in [0.2, 0.25) is 0 Å². The monoisotopic (exact) mass is 399 g/mol. The van der Waals surface area contributed by atoms with E-state index in [9.17, 15) is 13.2 Å². The number of aromatic nitrogens is 2. The first-order valence-corrected chi connectivity index (χ1v) is 10.1. The molecule has 0 bridgehead atoms. The molecular weight excluding hydrogens is 378 g/mol. The summed E-state index contributed by atoms with van der Waals surface area (Å²) in [6, 6.07) is 9.64. The number of nitrogens with zero attached hydrogens (tertiary/aromatic N) is 3. The summed E-state index contributed by atoms with van der Waals surface area (Å²) in [5, 5.41) is 0.372. The van der Waals surface area contributed by atoms with Crippen molar-refractivity contribution in [1.29, 1.82) is 0 Å². The fraction of sp³-hybridized carbons (Fsp3) is 0.200. The van der Waals surface area contributed by atoms with Crippen LogP contribution in [0.1, 0.15) is 17.3 Å². The van der Waals surface area contributed by atoms with Crippen molar-refractivity contribution in [3.8, 4) is 5.75 Å². The molecule has 0 spiro atoms. The predicted octanol–water partition coefficient (Wildman–Crippen LogP) is 2.93. The molecule has 0 aliphatic rings. The first-order valence-electron chi connectivity index (χ1n) is 8.68. The van der Waals surface area contributed by atoms with Crippen LogP contribution in [0, 0.1) is 0 Å². The molecule has 3 aromatic rings. The minimum atomic E-state index is -3.93. The number of hydrogen-bond acceptors (Lipinski definition) is 6. The van der Waals surface area contributed by atoms with Gasteiger partial charge < -0.3 is 9.64 Å². The van der Waals surface area contributed by atoms with E-state index in [1.165, 1.54) is 30.6 Å². The summed E-state index contributed by atoms with van der Waals surface area (Å²) < 4.78 is 33.0. The van der Waals surface area contributed by atoms with Crippen LogP contribution in [-0.2, 0) is 10.0 Å². The Balaban J connectivity index is 2.28. The van der Waals surface area contributed by atoms with Crippen molar-refractivity contribution >= 4 is 26.8 Å². The van der Waals surface area contributed by atoms with E-state index in [1.54, 1.807) is 49.5 Å². The summed E-state index contributed by atoms with van der Waals surface area (Å²) in [5.74, 6) is 0.0748. The molecule has 3 rings (SSSR count). The molecule has 0 amide bonds. The molecule has 0 aliphatic heterocycles. The number of fused-ring (bicyclic) bond motifs is 1. The zero-order chi connectivity index (χ0) is 20.3. The maximum absolute atomic E-state index is 13.2. The quantitative estimate of drug-likeness (QED) is 0.449. The molecule has 0 N–H and O–H groups in total. The minimum Gasteiger partial charge on any atom is -0.493 e. The van der Waals surface area contributed by atoms with Crippen molar-refractivity contribution in [2.75, 3.05) is 20.7 Å². The zero-order valence-electron chi connectivity index (χ0n) is 15.9. The number of carbonyl (C=O) groups is 1. The number of hydrogen-bond donors (Lipinski definition) is 0. The molecule has 0 fully saturated rings. The molecule has 2 heterocycles. The standard InChI is InChI=1S/C20H21N3O4S/c1-4-27-18-10-12-21-20-19(18)16(17(24)11-13-22(2)3)14-23(20)28(25,26)15-8-6-5-7-9-15/h5-14H,4H2,1-3H3/b13-11+. The van der Waals surface area contributed by atoms with Crippen LogP contribution >= 0.6 is 0 Å². The lowest BCUT2D eigenvalue weighted by Gasteiger charge is -2.08. The second kappa shape index (κ2) is 7.85. The van der Waals surface area contributed by atoms with E-state index >= 15 is 0 Å². The maximum Gasteiger partial charge on any atom is 0.269 e. The number of allylic oxidation sites excluding steroid dienone is 1. The van der Waals surface area contributed by atoms with Crippen LogP contribution in [0.15, 0.2) is 66.0 Å². The molecule has 28 heavy (non-hydrogen) atoms. The van der Waals surface area contributed by atoms with Gasteiger partial charge in [0.05, 0.1) is 22.5 Å². The number of ketones is 1. The SMILES string of the molecule is CCOc1ccnc2c1c(C(=O)/C=C/N(C)C)cn2S(=O)(=O)c1ccccc1. The minimum absolute atomic E-state index is 0.110. The highest BCUT2D eigenvalue weighted by Crippen LogP contribution is 2.32. The molecule has 0 saturated carbocycles. The van der Waals surface area contributed by atoms with Crippen LogP contribution in [0.5, 0.6) is 5.75 Å². The summed E-state index contributed by atoms with van der Waals surface area (Å²) in [6.45, 7) is 2.19. The number of carbonyl (C=O) groups excluding carboxylic acids is 1. The van der Waals surface area contributed by atoms with Crippen molar-refractivity contribution in [1.82, 2.24) is 13.9 Å². The summed E-state index contributed by atoms with van der Waals surface area (Å²) in [6.07, 6.45) is 5.77. The average molecular weight is 399 g/mol. The molecule has 146 valence electrons. The van der Waals surface area contributed by atoms with Crippen molar-refractivity contribution in [2.45, 2.75) is 11.8 Å². The first-order chi connectivity index (χ1) is 13.4. The Morgan fingerprint density at radius 3 is 2.57 bits per heavy atom. The Kier molecular flexibility index (Phi) is 5.51. The predicted molar refractivity (Wildman–Crippen MR) is 107 cm³/mol. The van der Waals surface area contributed by atoms with Crippen LogP contribution in [0.25, 0.3) is 11.0 Å².